The third-order valence-electron chi connectivity index (χ3n) is 3.52. The van der Waals surface area contributed by atoms with Gasteiger partial charge in [0.1, 0.15) is 0 Å². The summed E-state index contributed by atoms with van der Waals surface area (Å²) in [7, 11) is 0. The summed E-state index contributed by atoms with van der Waals surface area (Å²) >= 11 is 0. The average molecular weight is 292 g/mol. The molecule has 0 aliphatic carbocycles. The smallest absolute Gasteiger partial charge is 0.0681 e. The van der Waals surface area contributed by atoms with Gasteiger partial charge in [-0.1, -0.05) is 54.6 Å². The predicted molar refractivity (Wildman–Crippen MR) is 86.1 cm³/mol. The lowest BCUT2D eigenvalue weighted by Gasteiger charge is -2.21. The molecule has 0 saturated carbocycles. The van der Waals surface area contributed by atoms with Gasteiger partial charge in [0.05, 0.1) is 6.61 Å². The third kappa shape index (κ3) is 4.34. The minimum Gasteiger partial charge on any atom is -0.392 e. The summed E-state index contributed by atoms with van der Waals surface area (Å²) in [5.74, 6) is 0.301. The van der Waals surface area contributed by atoms with Crippen molar-refractivity contribution < 1.29 is 5.11 Å². The molecule has 0 heterocycles. The minimum atomic E-state index is 0. The van der Waals surface area contributed by atoms with Crippen LogP contribution in [0.4, 0.5) is 0 Å². The van der Waals surface area contributed by atoms with Gasteiger partial charge in [-0.05, 0) is 30.0 Å². The van der Waals surface area contributed by atoms with Crippen molar-refractivity contribution in [1.82, 2.24) is 0 Å². The molecule has 0 radical (unpaired) electrons. The molecule has 2 atom stereocenters. The Morgan fingerprint density at radius 2 is 1.55 bits per heavy atom. The van der Waals surface area contributed by atoms with E-state index in [1.54, 1.807) is 0 Å². The van der Waals surface area contributed by atoms with Crippen LogP contribution in [0.15, 0.2) is 54.6 Å². The Bertz CT molecular complexity index is 496. The molecule has 108 valence electrons. The Kier molecular flexibility index (Phi) is 6.73. The normalized spacial score (nSPS) is 13.3. The summed E-state index contributed by atoms with van der Waals surface area (Å²) in [6.07, 6.45) is 0.941. The predicted octanol–water partition coefficient (Wildman–Crippen LogP) is 3.27. The SMILES string of the molecule is CC(N)C(Cc1ccccc1)c1ccc(CO)cc1.Cl. The summed E-state index contributed by atoms with van der Waals surface area (Å²) in [5, 5.41) is 9.09. The lowest BCUT2D eigenvalue weighted by Crippen LogP contribution is -2.26. The van der Waals surface area contributed by atoms with Crippen LogP contribution in [0.2, 0.25) is 0 Å². The van der Waals surface area contributed by atoms with Crippen LogP contribution in [0.25, 0.3) is 0 Å². The molecule has 2 unspecified atom stereocenters. The lowest BCUT2D eigenvalue weighted by molar-refractivity contribution is 0.282. The molecule has 0 bridgehead atoms. The van der Waals surface area contributed by atoms with Crippen LogP contribution in [-0.4, -0.2) is 11.1 Å². The number of rotatable bonds is 5. The summed E-state index contributed by atoms with van der Waals surface area (Å²) in [4.78, 5) is 0. The number of hydrogen-bond acceptors (Lipinski definition) is 2. The maximum Gasteiger partial charge on any atom is 0.0681 e. The van der Waals surface area contributed by atoms with Gasteiger partial charge in [-0.25, -0.2) is 0 Å². The van der Waals surface area contributed by atoms with Crippen molar-refractivity contribution in [1.29, 1.82) is 0 Å². The van der Waals surface area contributed by atoms with Crippen molar-refractivity contribution in [2.45, 2.75) is 31.9 Å². The maximum atomic E-state index is 9.09. The highest BCUT2D eigenvalue weighted by atomic mass is 35.5. The van der Waals surface area contributed by atoms with Crippen molar-refractivity contribution in [2.24, 2.45) is 5.73 Å². The van der Waals surface area contributed by atoms with Gasteiger partial charge in [0.25, 0.3) is 0 Å². The van der Waals surface area contributed by atoms with Crippen LogP contribution in [0.3, 0.4) is 0 Å². The van der Waals surface area contributed by atoms with E-state index in [1.807, 2.05) is 25.1 Å². The van der Waals surface area contributed by atoms with Crippen LogP contribution in [-0.2, 0) is 13.0 Å². The largest absolute Gasteiger partial charge is 0.392 e. The molecule has 2 aromatic carbocycles. The first kappa shape index (κ1) is 16.7. The van der Waals surface area contributed by atoms with Gasteiger partial charge >= 0.3 is 0 Å². The van der Waals surface area contributed by atoms with Crippen molar-refractivity contribution >= 4 is 12.4 Å². The molecule has 0 amide bonds. The van der Waals surface area contributed by atoms with Gasteiger partial charge in [-0.3, -0.25) is 0 Å². The first-order valence-corrected chi connectivity index (χ1v) is 6.70. The Labute approximate surface area is 127 Å². The average Bonchev–Trinajstić information content (AvgIpc) is 2.46. The molecule has 2 rings (SSSR count). The van der Waals surface area contributed by atoms with Crippen molar-refractivity contribution in [3.8, 4) is 0 Å². The standard InChI is InChI=1S/C17H21NO.ClH/c1-13(18)17(11-14-5-3-2-4-6-14)16-9-7-15(12-19)8-10-16;/h2-10,13,17,19H,11-12,18H2,1H3;1H. The number of nitrogens with two attached hydrogens (primary N) is 1. The highest BCUT2D eigenvalue weighted by Crippen LogP contribution is 2.24. The number of benzene rings is 2. The zero-order valence-corrected chi connectivity index (χ0v) is 12.5. The lowest BCUT2D eigenvalue weighted by atomic mass is 9.86. The molecular weight excluding hydrogens is 270 g/mol. The topological polar surface area (TPSA) is 46.2 Å². The Morgan fingerprint density at radius 3 is 2.05 bits per heavy atom. The molecular formula is C17H22ClNO. The highest BCUT2D eigenvalue weighted by molar-refractivity contribution is 5.85. The fraction of sp³-hybridized carbons (Fsp3) is 0.294. The van der Waals surface area contributed by atoms with E-state index in [0.717, 1.165) is 12.0 Å². The van der Waals surface area contributed by atoms with E-state index >= 15 is 0 Å². The van der Waals surface area contributed by atoms with E-state index in [9.17, 15) is 0 Å². The second-order valence-corrected chi connectivity index (χ2v) is 5.06. The molecule has 20 heavy (non-hydrogen) atoms. The van der Waals surface area contributed by atoms with Crippen molar-refractivity contribution in [3.63, 3.8) is 0 Å². The Morgan fingerprint density at radius 1 is 0.950 bits per heavy atom. The summed E-state index contributed by atoms with van der Waals surface area (Å²) in [6, 6.07) is 18.6. The molecule has 0 fully saturated rings. The van der Waals surface area contributed by atoms with Gasteiger partial charge < -0.3 is 10.8 Å². The van der Waals surface area contributed by atoms with Crippen LogP contribution in [0.1, 0.15) is 29.5 Å². The van der Waals surface area contributed by atoms with E-state index in [4.69, 9.17) is 10.8 Å². The molecule has 3 heteroatoms. The third-order valence-corrected chi connectivity index (χ3v) is 3.52. The first-order valence-electron chi connectivity index (χ1n) is 6.70. The molecule has 3 N–H and O–H groups in total. The fourth-order valence-corrected chi connectivity index (χ4v) is 2.35. The van der Waals surface area contributed by atoms with Gasteiger partial charge in [-0.2, -0.15) is 0 Å². The molecule has 0 spiro atoms. The minimum absolute atomic E-state index is 0. The van der Waals surface area contributed by atoms with E-state index in [2.05, 4.69) is 36.4 Å². The monoisotopic (exact) mass is 291 g/mol. The Balaban J connectivity index is 0.00000200. The second kappa shape index (κ2) is 8.05. The number of halogens is 1. The summed E-state index contributed by atoms with van der Waals surface area (Å²) in [5.41, 5.74) is 9.61. The zero-order valence-electron chi connectivity index (χ0n) is 11.7. The molecule has 2 nitrogen and oxygen atoms in total. The first-order chi connectivity index (χ1) is 9.20. The van der Waals surface area contributed by atoms with Crippen LogP contribution < -0.4 is 5.73 Å². The van der Waals surface area contributed by atoms with Crippen LogP contribution in [0.5, 0.6) is 0 Å². The highest BCUT2D eigenvalue weighted by Gasteiger charge is 2.16. The van der Waals surface area contributed by atoms with Crippen molar-refractivity contribution in [3.05, 3.63) is 71.3 Å². The van der Waals surface area contributed by atoms with E-state index in [0.29, 0.717) is 5.92 Å². The zero-order chi connectivity index (χ0) is 13.7. The van der Waals surface area contributed by atoms with Gasteiger partial charge in [0.15, 0.2) is 0 Å². The van der Waals surface area contributed by atoms with E-state index in [-0.39, 0.29) is 25.1 Å². The molecule has 0 saturated heterocycles. The van der Waals surface area contributed by atoms with Gasteiger partial charge in [-0.15, -0.1) is 12.4 Å². The second-order valence-electron chi connectivity index (χ2n) is 5.06. The van der Waals surface area contributed by atoms with Crippen molar-refractivity contribution in [2.75, 3.05) is 0 Å². The van der Waals surface area contributed by atoms with Gasteiger partial charge in [0, 0.05) is 12.0 Å². The molecule has 0 aliphatic rings. The number of aliphatic hydroxyl groups is 1. The molecule has 0 aromatic heterocycles. The van der Waals surface area contributed by atoms with Gasteiger partial charge in [0.2, 0.25) is 0 Å². The summed E-state index contributed by atoms with van der Waals surface area (Å²) < 4.78 is 0. The van der Waals surface area contributed by atoms with E-state index in [1.165, 1.54) is 11.1 Å². The van der Waals surface area contributed by atoms with Crippen LogP contribution >= 0.6 is 12.4 Å². The molecule has 2 aromatic rings. The molecule has 0 aliphatic heterocycles. The summed E-state index contributed by atoms with van der Waals surface area (Å²) in [6.45, 7) is 2.13. The maximum absolute atomic E-state index is 9.09. The number of hydrogen-bond donors (Lipinski definition) is 2. The quantitative estimate of drug-likeness (QED) is 0.888. The van der Waals surface area contributed by atoms with Crippen LogP contribution in [0, 0.1) is 0 Å². The Hall–Kier alpha value is -1.35. The fourth-order valence-electron chi connectivity index (χ4n) is 2.35. The number of aliphatic hydroxyl groups excluding tert-OH is 1. The van der Waals surface area contributed by atoms with E-state index < -0.39 is 0 Å².